The molecular weight excluding hydrogens is 378 g/mol. The van der Waals surface area contributed by atoms with Gasteiger partial charge in [-0.15, -0.1) is 0 Å². The van der Waals surface area contributed by atoms with Crippen LogP contribution in [0.3, 0.4) is 0 Å². The highest BCUT2D eigenvalue weighted by Gasteiger charge is 2.22. The number of unbranched alkanes of at least 4 members (excludes halogenated alkanes) is 1. The first kappa shape index (κ1) is 22.2. The summed E-state index contributed by atoms with van der Waals surface area (Å²) in [6.07, 6.45) is 9.77. The van der Waals surface area contributed by atoms with Crippen LogP contribution in [0.5, 0.6) is 0 Å². The van der Waals surface area contributed by atoms with Gasteiger partial charge in [0, 0.05) is 42.5 Å². The maximum absolute atomic E-state index is 13.1. The Kier molecular flexibility index (Phi) is 8.19. The zero-order valence-electron chi connectivity index (χ0n) is 17.9. The van der Waals surface area contributed by atoms with E-state index in [1.54, 1.807) is 0 Å². The number of carbonyl (C=O) groups excluding carboxylic acids is 1. The molecule has 1 fully saturated rings. The molecule has 0 spiro atoms. The van der Waals surface area contributed by atoms with E-state index in [0.717, 1.165) is 47.2 Å². The van der Waals surface area contributed by atoms with Crippen molar-refractivity contribution < 1.29 is 9.53 Å². The first-order chi connectivity index (χ1) is 14.7. The Morgan fingerprint density at radius 3 is 2.87 bits per heavy atom. The van der Waals surface area contributed by atoms with Gasteiger partial charge in [0.05, 0.1) is 24.4 Å². The fourth-order valence-electron chi connectivity index (χ4n) is 3.91. The highest BCUT2D eigenvalue weighted by molar-refractivity contribution is 5.96. The fraction of sp³-hybridized carbons (Fsp3) is 0.478. The summed E-state index contributed by atoms with van der Waals surface area (Å²) in [5, 5.41) is 4.54. The Bertz CT molecular complexity index is 897. The van der Waals surface area contributed by atoms with Gasteiger partial charge in [-0.25, -0.2) is 0 Å². The molecule has 1 amide bonds. The number of ether oxygens (including phenoxy) is 1. The van der Waals surface area contributed by atoms with Gasteiger partial charge in [0.1, 0.15) is 6.54 Å². The van der Waals surface area contributed by atoms with E-state index < -0.39 is 0 Å². The van der Waals surface area contributed by atoms with Crippen molar-refractivity contribution >= 4 is 29.0 Å². The maximum atomic E-state index is 13.1. The van der Waals surface area contributed by atoms with Gasteiger partial charge < -0.3 is 25.3 Å². The third kappa shape index (κ3) is 4.98. The molecule has 0 aliphatic carbocycles. The second kappa shape index (κ2) is 11.1. The van der Waals surface area contributed by atoms with Crippen LogP contribution in [0, 0.1) is 0 Å². The number of amides is 1. The van der Waals surface area contributed by atoms with Crippen LogP contribution in [0.4, 0.5) is 0 Å². The number of aromatic nitrogens is 2. The van der Waals surface area contributed by atoms with E-state index in [4.69, 9.17) is 10.5 Å². The van der Waals surface area contributed by atoms with Crippen molar-refractivity contribution in [2.45, 2.75) is 32.9 Å². The molecule has 0 aromatic carbocycles. The Morgan fingerprint density at radius 1 is 1.37 bits per heavy atom. The highest BCUT2D eigenvalue weighted by atomic mass is 16.5. The predicted octanol–water partition coefficient (Wildman–Crippen LogP) is 2.40. The SMILES string of the molecule is C=Cc1c(/C=C\C)n(CC(=O)N2CCOCC2)c2c(CNCCCCN)nccc12. The molecule has 1 aliphatic heterocycles. The maximum Gasteiger partial charge on any atom is 0.242 e. The number of nitrogens with zero attached hydrogens (tertiary/aromatic N) is 3. The predicted molar refractivity (Wildman–Crippen MR) is 122 cm³/mol. The molecule has 0 radical (unpaired) electrons. The summed E-state index contributed by atoms with van der Waals surface area (Å²) in [6.45, 7) is 11.0. The Balaban J connectivity index is 1.97. The molecule has 30 heavy (non-hydrogen) atoms. The van der Waals surface area contributed by atoms with E-state index in [0.29, 0.717) is 39.4 Å². The van der Waals surface area contributed by atoms with Gasteiger partial charge in [-0.2, -0.15) is 0 Å². The molecule has 1 aliphatic rings. The molecule has 0 unspecified atom stereocenters. The summed E-state index contributed by atoms with van der Waals surface area (Å²) >= 11 is 0. The summed E-state index contributed by atoms with van der Waals surface area (Å²) in [7, 11) is 0. The number of hydrogen-bond acceptors (Lipinski definition) is 5. The van der Waals surface area contributed by atoms with Gasteiger partial charge in [-0.05, 0) is 45.0 Å². The van der Waals surface area contributed by atoms with Crippen molar-refractivity contribution in [1.29, 1.82) is 0 Å². The van der Waals surface area contributed by atoms with E-state index in [1.807, 2.05) is 42.3 Å². The van der Waals surface area contributed by atoms with Crippen molar-refractivity contribution in [2.75, 3.05) is 39.4 Å². The first-order valence-electron chi connectivity index (χ1n) is 10.7. The van der Waals surface area contributed by atoms with Crippen LogP contribution < -0.4 is 11.1 Å². The van der Waals surface area contributed by atoms with E-state index in [1.165, 1.54) is 0 Å². The number of hydrogen-bond donors (Lipinski definition) is 2. The summed E-state index contributed by atoms with van der Waals surface area (Å²) in [5.74, 6) is 0.0993. The lowest BCUT2D eigenvalue weighted by Gasteiger charge is -2.27. The van der Waals surface area contributed by atoms with Crippen LogP contribution >= 0.6 is 0 Å². The van der Waals surface area contributed by atoms with E-state index in [-0.39, 0.29) is 12.5 Å². The fourth-order valence-corrected chi connectivity index (χ4v) is 3.91. The lowest BCUT2D eigenvalue weighted by atomic mass is 10.1. The van der Waals surface area contributed by atoms with E-state index in [2.05, 4.69) is 21.4 Å². The van der Waals surface area contributed by atoms with Gasteiger partial charge >= 0.3 is 0 Å². The molecule has 7 heteroatoms. The summed E-state index contributed by atoms with van der Waals surface area (Å²) in [4.78, 5) is 19.6. The number of fused-ring (bicyclic) bond motifs is 1. The number of carbonyl (C=O) groups is 1. The van der Waals surface area contributed by atoms with Gasteiger partial charge in [0.2, 0.25) is 5.91 Å². The van der Waals surface area contributed by atoms with E-state index >= 15 is 0 Å². The largest absolute Gasteiger partial charge is 0.378 e. The number of pyridine rings is 1. The molecule has 0 bridgehead atoms. The monoisotopic (exact) mass is 411 g/mol. The molecule has 2 aromatic rings. The molecule has 3 N–H and O–H groups in total. The average molecular weight is 412 g/mol. The lowest BCUT2D eigenvalue weighted by Crippen LogP contribution is -2.42. The van der Waals surface area contributed by atoms with Crippen molar-refractivity contribution in [2.24, 2.45) is 5.73 Å². The quantitative estimate of drug-likeness (QED) is 0.587. The smallest absolute Gasteiger partial charge is 0.242 e. The average Bonchev–Trinajstić information content (AvgIpc) is 3.07. The summed E-state index contributed by atoms with van der Waals surface area (Å²) < 4.78 is 7.49. The third-order valence-corrected chi connectivity index (χ3v) is 5.41. The molecule has 0 atom stereocenters. The minimum Gasteiger partial charge on any atom is -0.378 e. The molecule has 2 aromatic heterocycles. The molecule has 3 heterocycles. The number of nitrogens with two attached hydrogens (primary N) is 1. The summed E-state index contributed by atoms with van der Waals surface area (Å²) in [5.41, 5.74) is 9.54. The zero-order valence-corrected chi connectivity index (χ0v) is 17.9. The normalized spacial score (nSPS) is 14.7. The molecular formula is C23H33N5O2. The number of rotatable bonds is 10. The van der Waals surface area contributed by atoms with Crippen LogP contribution in [0.2, 0.25) is 0 Å². The van der Waals surface area contributed by atoms with Gasteiger partial charge in [-0.1, -0.05) is 18.7 Å². The van der Waals surface area contributed by atoms with Crippen LogP contribution in [0.25, 0.3) is 23.1 Å². The highest BCUT2D eigenvalue weighted by Crippen LogP contribution is 2.30. The van der Waals surface area contributed by atoms with Gasteiger partial charge in [0.25, 0.3) is 0 Å². The lowest BCUT2D eigenvalue weighted by molar-refractivity contribution is -0.135. The molecule has 162 valence electrons. The van der Waals surface area contributed by atoms with Crippen LogP contribution in [0.1, 0.15) is 36.7 Å². The second-order valence-corrected chi connectivity index (χ2v) is 7.41. The third-order valence-electron chi connectivity index (χ3n) is 5.41. The number of allylic oxidation sites excluding steroid dienone is 1. The Labute approximate surface area is 178 Å². The first-order valence-corrected chi connectivity index (χ1v) is 10.7. The number of morpholine rings is 1. The standard InChI is InChI=1S/C23H33N5O2/c1-3-7-21-18(4-2)19-8-11-26-20(16-25-10-6-5-9-24)23(19)28(21)17-22(29)27-12-14-30-15-13-27/h3-4,7-8,11,25H,2,5-6,9-10,12-17,24H2,1H3/b7-3-. The van der Waals surface area contributed by atoms with Crippen molar-refractivity contribution in [3.05, 3.63) is 41.9 Å². The minimum atomic E-state index is 0.0993. The van der Waals surface area contributed by atoms with Crippen molar-refractivity contribution in [3.8, 4) is 0 Å². The second-order valence-electron chi connectivity index (χ2n) is 7.41. The van der Waals surface area contributed by atoms with Crippen LogP contribution in [-0.2, 0) is 22.6 Å². The molecule has 1 saturated heterocycles. The van der Waals surface area contributed by atoms with Crippen LogP contribution in [-0.4, -0.2) is 59.8 Å². The van der Waals surface area contributed by atoms with Gasteiger partial charge in [0.15, 0.2) is 0 Å². The summed E-state index contributed by atoms with van der Waals surface area (Å²) in [6, 6.07) is 2.01. The minimum absolute atomic E-state index is 0.0993. The van der Waals surface area contributed by atoms with Crippen LogP contribution in [0.15, 0.2) is 24.9 Å². The molecule has 7 nitrogen and oxygen atoms in total. The zero-order chi connectivity index (χ0) is 21.3. The topological polar surface area (TPSA) is 85.4 Å². The number of nitrogens with one attached hydrogen (secondary N) is 1. The Hall–Kier alpha value is -2.48. The Morgan fingerprint density at radius 2 is 2.17 bits per heavy atom. The molecule has 0 saturated carbocycles. The van der Waals surface area contributed by atoms with Crippen molar-refractivity contribution in [3.63, 3.8) is 0 Å². The van der Waals surface area contributed by atoms with Crippen molar-refractivity contribution in [1.82, 2.24) is 19.8 Å². The van der Waals surface area contributed by atoms with Gasteiger partial charge in [-0.3, -0.25) is 9.78 Å². The molecule has 3 rings (SSSR count). The van der Waals surface area contributed by atoms with E-state index in [9.17, 15) is 4.79 Å².